The van der Waals surface area contributed by atoms with Crippen LogP contribution in [0.1, 0.15) is 46.7 Å². The largest absolute Gasteiger partial charge is 0.550 e. The van der Waals surface area contributed by atoms with Crippen molar-refractivity contribution in [3.8, 4) is 0 Å². The third-order valence-corrected chi connectivity index (χ3v) is 2.90. The van der Waals surface area contributed by atoms with Gasteiger partial charge in [0, 0.05) is 25.0 Å². The van der Waals surface area contributed by atoms with E-state index in [9.17, 15) is 29.4 Å². The van der Waals surface area contributed by atoms with E-state index in [1.807, 2.05) is 0 Å². The Morgan fingerprint density at radius 1 is 0.833 bits per heavy atom. The molecular weight excluding hydrogens is 318 g/mol. The van der Waals surface area contributed by atoms with E-state index >= 15 is 0 Å². The number of amides is 2. The molecule has 0 saturated carbocycles. The molecule has 9 nitrogen and oxygen atoms in total. The summed E-state index contributed by atoms with van der Waals surface area (Å²) in [5.41, 5.74) is 0.0386. The molecule has 9 heteroatoms. The summed E-state index contributed by atoms with van der Waals surface area (Å²) in [6.07, 6.45) is 0.128. The average molecular weight is 335 g/mol. The third kappa shape index (κ3) is 7.34. The van der Waals surface area contributed by atoms with Crippen LogP contribution in [-0.2, 0) is 9.59 Å². The lowest BCUT2D eigenvalue weighted by molar-refractivity contribution is -0.307. The third-order valence-electron chi connectivity index (χ3n) is 2.90. The van der Waals surface area contributed by atoms with Gasteiger partial charge >= 0.3 is 0 Å². The summed E-state index contributed by atoms with van der Waals surface area (Å²) >= 11 is 0. The Morgan fingerprint density at radius 2 is 1.25 bits per heavy atom. The Hall–Kier alpha value is -2.97. The van der Waals surface area contributed by atoms with E-state index in [0.717, 1.165) is 0 Å². The van der Waals surface area contributed by atoms with Crippen LogP contribution in [0.15, 0.2) is 18.2 Å². The van der Waals surface area contributed by atoms with Crippen molar-refractivity contribution < 1.29 is 29.4 Å². The van der Waals surface area contributed by atoms with Crippen molar-refractivity contribution in [2.75, 3.05) is 13.1 Å². The first kappa shape index (κ1) is 19.1. The fraction of sp³-hybridized carbons (Fsp3) is 0.400. The SMILES string of the molecule is O=C([O-])CCCNC(=O)c1cccc(C(=O)NCCCC(=O)[O-])n1. The molecule has 1 aromatic heterocycles. The zero-order valence-corrected chi connectivity index (χ0v) is 12.9. The number of hydrogen-bond acceptors (Lipinski definition) is 7. The molecule has 0 fully saturated rings. The average Bonchev–Trinajstić information content (AvgIpc) is 2.55. The molecule has 2 amide bonds. The van der Waals surface area contributed by atoms with Gasteiger partial charge in [0.1, 0.15) is 11.4 Å². The van der Waals surface area contributed by atoms with Crippen LogP contribution < -0.4 is 20.8 Å². The molecular formula is C15H17N3O6-2. The first-order valence-electron chi connectivity index (χ1n) is 7.33. The minimum atomic E-state index is -1.19. The summed E-state index contributed by atoms with van der Waals surface area (Å²) in [4.78, 5) is 48.2. The molecule has 0 saturated heterocycles. The molecule has 0 bridgehead atoms. The summed E-state index contributed by atoms with van der Waals surface area (Å²) in [6.45, 7) is 0.294. The number of aliphatic carboxylic acids is 2. The van der Waals surface area contributed by atoms with E-state index in [4.69, 9.17) is 0 Å². The van der Waals surface area contributed by atoms with Gasteiger partial charge in [-0.05, 0) is 37.8 Å². The van der Waals surface area contributed by atoms with Crippen molar-refractivity contribution in [2.24, 2.45) is 0 Å². The van der Waals surface area contributed by atoms with Crippen LogP contribution in [0.2, 0.25) is 0 Å². The lowest BCUT2D eigenvalue weighted by Gasteiger charge is -2.08. The van der Waals surface area contributed by atoms with E-state index in [2.05, 4.69) is 15.6 Å². The molecule has 1 heterocycles. The van der Waals surface area contributed by atoms with Crippen LogP contribution in [0.3, 0.4) is 0 Å². The highest BCUT2D eigenvalue weighted by atomic mass is 16.4. The smallest absolute Gasteiger partial charge is 0.269 e. The molecule has 0 unspecified atom stereocenters. The number of nitrogens with one attached hydrogen (secondary N) is 2. The van der Waals surface area contributed by atoms with Crippen molar-refractivity contribution in [2.45, 2.75) is 25.7 Å². The van der Waals surface area contributed by atoms with E-state index in [1.165, 1.54) is 18.2 Å². The van der Waals surface area contributed by atoms with Crippen LogP contribution in [0.25, 0.3) is 0 Å². The van der Waals surface area contributed by atoms with Crippen LogP contribution in [0.4, 0.5) is 0 Å². The van der Waals surface area contributed by atoms with Crippen molar-refractivity contribution >= 4 is 23.8 Å². The van der Waals surface area contributed by atoms with E-state index < -0.39 is 23.8 Å². The van der Waals surface area contributed by atoms with E-state index in [1.54, 1.807) is 0 Å². The maximum Gasteiger partial charge on any atom is 0.269 e. The molecule has 0 atom stereocenters. The number of carboxylic acid groups (broad SMARTS) is 2. The van der Waals surface area contributed by atoms with Crippen molar-refractivity contribution in [3.63, 3.8) is 0 Å². The number of carbonyl (C=O) groups excluding carboxylic acids is 4. The highest BCUT2D eigenvalue weighted by Gasteiger charge is 2.11. The monoisotopic (exact) mass is 335 g/mol. The molecule has 0 aliphatic heterocycles. The van der Waals surface area contributed by atoms with Gasteiger partial charge in [0.25, 0.3) is 11.8 Å². The molecule has 0 aliphatic rings. The van der Waals surface area contributed by atoms with Gasteiger partial charge in [0.05, 0.1) is 0 Å². The fourth-order valence-electron chi connectivity index (χ4n) is 1.74. The molecule has 0 spiro atoms. The Kier molecular flexibility index (Phi) is 7.89. The normalized spacial score (nSPS) is 10.0. The second-order valence-corrected chi connectivity index (χ2v) is 4.87. The Morgan fingerprint density at radius 3 is 1.62 bits per heavy atom. The second-order valence-electron chi connectivity index (χ2n) is 4.87. The number of carbonyl (C=O) groups is 4. The van der Waals surface area contributed by atoms with Crippen molar-refractivity contribution in [1.82, 2.24) is 15.6 Å². The van der Waals surface area contributed by atoms with E-state index in [-0.39, 0.29) is 50.2 Å². The van der Waals surface area contributed by atoms with Gasteiger partial charge in [-0.3, -0.25) is 9.59 Å². The van der Waals surface area contributed by atoms with Crippen LogP contribution in [-0.4, -0.2) is 41.8 Å². The molecule has 0 aromatic carbocycles. The summed E-state index contributed by atoms with van der Waals surface area (Å²) < 4.78 is 0. The molecule has 0 radical (unpaired) electrons. The van der Waals surface area contributed by atoms with Gasteiger partial charge in [-0.25, -0.2) is 4.98 Å². The lowest BCUT2D eigenvalue weighted by atomic mass is 10.2. The fourth-order valence-corrected chi connectivity index (χ4v) is 1.74. The Balaban J connectivity index is 2.49. The molecule has 24 heavy (non-hydrogen) atoms. The van der Waals surface area contributed by atoms with Crippen molar-refractivity contribution in [3.05, 3.63) is 29.6 Å². The highest BCUT2D eigenvalue weighted by Crippen LogP contribution is 2.00. The first-order valence-corrected chi connectivity index (χ1v) is 7.33. The van der Waals surface area contributed by atoms with Gasteiger partial charge in [0.2, 0.25) is 0 Å². The van der Waals surface area contributed by atoms with E-state index in [0.29, 0.717) is 0 Å². The van der Waals surface area contributed by atoms with Crippen molar-refractivity contribution in [1.29, 1.82) is 0 Å². The maximum absolute atomic E-state index is 11.9. The standard InChI is InChI=1S/C15H19N3O6/c19-12(20)6-2-8-16-14(23)10-4-1-5-11(18-10)15(24)17-9-3-7-13(21)22/h1,4-5H,2-3,6-9H2,(H,16,23)(H,17,24)(H,19,20)(H,21,22)/p-2. The number of hydrogen-bond donors (Lipinski definition) is 2. The summed E-state index contributed by atoms with van der Waals surface area (Å²) in [6, 6.07) is 4.32. The lowest BCUT2D eigenvalue weighted by Crippen LogP contribution is -2.30. The summed E-state index contributed by atoms with van der Waals surface area (Å²) in [5, 5.41) is 25.5. The summed E-state index contributed by atoms with van der Waals surface area (Å²) in [7, 11) is 0. The van der Waals surface area contributed by atoms with Crippen LogP contribution in [0, 0.1) is 0 Å². The van der Waals surface area contributed by atoms with Gasteiger partial charge < -0.3 is 30.4 Å². The van der Waals surface area contributed by atoms with Crippen LogP contribution >= 0.6 is 0 Å². The zero-order valence-electron chi connectivity index (χ0n) is 12.9. The molecule has 1 rings (SSSR count). The predicted octanol–water partition coefficient (Wildman–Crippen LogP) is -2.40. The minimum Gasteiger partial charge on any atom is -0.550 e. The first-order chi connectivity index (χ1) is 11.4. The zero-order chi connectivity index (χ0) is 17.9. The second kappa shape index (κ2) is 9.93. The predicted molar refractivity (Wildman–Crippen MR) is 77.4 cm³/mol. The molecule has 0 aliphatic carbocycles. The number of nitrogens with zero attached hydrogens (tertiary/aromatic N) is 1. The highest BCUT2D eigenvalue weighted by molar-refractivity contribution is 5.96. The molecule has 1 aromatic rings. The maximum atomic E-state index is 11.9. The topological polar surface area (TPSA) is 151 Å². The number of rotatable bonds is 10. The summed E-state index contributed by atoms with van der Waals surface area (Å²) in [5.74, 6) is -3.45. The number of aromatic nitrogens is 1. The quantitative estimate of drug-likeness (QED) is 0.452. The van der Waals surface area contributed by atoms with Gasteiger partial charge in [-0.15, -0.1) is 0 Å². The van der Waals surface area contributed by atoms with Gasteiger partial charge in [-0.2, -0.15) is 0 Å². The van der Waals surface area contributed by atoms with Gasteiger partial charge in [0.15, 0.2) is 0 Å². The minimum absolute atomic E-state index is 0.0193. The Bertz CT molecular complexity index is 568. The number of carboxylic acids is 2. The van der Waals surface area contributed by atoms with Gasteiger partial charge in [-0.1, -0.05) is 6.07 Å². The Labute approximate surface area is 138 Å². The molecule has 130 valence electrons. The molecule has 2 N–H and O–H groups in total. The number of pyridine rings is 1. The van der Waals surface area contributed by atoms with Crippen LogP contribution in [0.5, 0.6) is 0 Å².